The molecule has 4 aromatic rings. The fraction of sp³-hybridized carbons (Fsp3) is 0.100. The summed E-state index contributed by atoms with van der Waals surface area (Å²) in [7, 11) is 0. The van der Waals surface area contributed by atoms with Crippen LogP contribution in [0.25, 0.3) is 16.1 Å². The number of H-pyrrole nitrogens is 1. The smallest absolute Gasteiger partial charge is 0.253 e. The fourth-order valence-electron chi connectivity index (χ4n) is 2.98. The summed E-state index contributed by atoms with van der Waals surface area (Å²) >= 11 is 7.39. The molecule has 0 radical (unpaired) electrons. The van der Waals surface area contributed by atoms with Crippen LogP contribution in [0.5, 0.6) is 0 Å². The van der Waals surface area contributed by atoms with E-state index in [-0.39, 0.29) is 18.3 Å². The number of nitrogens with one attached hydrogen (secondary N) is 2. The molecular formula is C20H16ClFN4OS. The largest absolute Gasteiger partial charge is 0.366 e. The monoisotopic (exact) mass is 414 g/mol. The van der Waals surface area contributed by atoms with Gasteiger partial charge in [0.15, 0.2) is 0 Å². The minimum absolute atomic E-state index is 0.217. The molecule has 142 valence electrons. The second kappa shape index (κ2) is 7.61. The molecule has 2 N–H and O–H groups in total. The second-order valence-electron chi connectivity index (χ2n) is 6.20. The summed E-state index contributed by atoms with van der Waals surface area (Å²) in [6, 6.07) is 8.56. The molecule has 3 heterocycles. The van der Waals surface area contributed by atoms with E-state index in [1.807, 2.05) is 13.0 Å². The van der Waals surface area contributed by atoms with Gasteiger partial charge in [-0.15, -0.1) is 11.3 Å². The Balaban J connectivity index is 1.48. The van der Waals surface area contributed by atoms with E-state index < -0.39 is 0 Å². The molecule has 5 nitrogen and oxygen atoms in total. The first kappa shape index (κ1) is 18.5. The van der Waals surface area contributed by atoms with Crippen molar-refractivity contribution in [3.63, 3.8) is 0 Å². The minimum Gasteiger partial charge on any atom is -0.366 e. The Kier molecular flexibility index (Phi) is 5.02. The molecule has 8 heteroatoms. The van der Waals surface area contributed by atoms with Crippen molar-refractivity contribution in [3.05, 3.63) is 82.2 Å². The Morgan fingerprint density at radius 2 is 2.18 bits per heavy atom. The van der Waals surface area contributed by atoms with Gasteiger partial charge in [0, 0.05) is 41.8 Å². The Morgan fingerprint density at radius 3 is 2.86 bits per heavy atom. The van der Waals surface area contributed by atoms with Crippen molar-refractivity contribution in [2.24, 2.45) is 0 Å². The van der Waals surface area contributed by atoms with Crippen molar-refractivity contribution in [1.82, 2.24) is 19.9 Å². The zero-order chi connectivity index (χ0) is 19.7. The van der Waals surface area contributed by atoms with Crippen LogP contribution in [0.4, 0.5) is 4.39 Å². The average Bonchev–Trinajstić information content (AvgIpc) is 3.40. The predicted octanol–water partition coefficient (Wildman–Crippen LogP) is 4.96. The van der Waals surface area contributed by atoms with Crippen molar-refractivity contribution < 1.29 is 9.18 Å². The second-order valence-corrected chi connectivity index (χ2v) is 7.91. The fourth-order valence-corrected chi connectivity index (χ4v) is 4.05. The Hall–Kier alpha value is -2.90. The summed E-state index contributed by atoms with van der Waals surface area (Å²) in [5, 5.41) is 2.84. The minimum atomic E-state index is -0.372. The highest BCUT2D eigenvalue weighted by atomic mass is 35.5. The number of rotatable bonds is 5. The number of imidazole rings is 1. The van der Waals surface area contributed by atoms with Crippen LogP contribution < -0.4 is 5.32 Å². The number of benzene rings is 1. The molecule has 4 rings (SSSR count). The van der Waals surface area contributed by atoms with Gasteiger partial charge in [0.2, 0.25) is 0 Å². The Bertz CT molecular complexity index is 1150. The van der Waals surface area contributed by atoms with E-state index in [0.29, 0.717) is 27.0 Å². The van der Waals surface area contributed by atoms with Gasteiger partial charge in [-0.05, 0) is 36.8 Å². The summed E-state index contributed by atoms with van der Waals surface area (Å²) < 4.78 is 16.8. The SMILES string of the molecule is Cc1nccn1-c1ccc(CNC(=O)c2c[nH]cc2-c2ccc(Cl)s2)cc1F. The molecule has 0 bridgehead atoms. The normalized spacial score (nSPS) is 11.0. The summed E-state index contributed by atoms with van der Waals surface area (Å²) in [6.45, 7) is 2.03. The van der Waals surface area contributed by atoms with Gasteiger partial charge in [-0.2, -0.15) is 0 Å². The summed E-state index contributed by atoms with van der Waals surface area (Å²) in [4.78, 5) is 20.6. The van der Waals surface area contributed by atoms with Crippen LogP contribution >= 0.6 is 22.9 Å². The Labute approximate surface area is 169 Å². The van der Waals surface area contributed by atoms with Crippen LogP contribution in [0.2, 0.25) is 4.34 Å². The molecule has 0 atom stereocenters. The molecule has 1 amide bonds. The number of hydrogen-bond donors (Lipinski definition) is 2. The van der Waals surface area contributed by atoms with Crippen molar-refractivity contribution in [2.45, 2.75) is 13.5 Å². The van der Waals surface area contributed by atoms with Gasteiger partial charge >= 0.3 is 0 Å². The van der Waals surface area contributed by atoms with Gasteiger partial charge in [0.25, 0.3) is 5.91 Å². The number of carbonyl (C=O) groups is 1. The van der Waals surface area contributed by atoms with E-state index in [9.17, 15) is 9.18 Å². The van der Waals surface area contributed by atoms with Gasteiger partial charge in [-0.1, -0.05) is 17.7 Å². The van der Waals surface area contributed by atoms with Gasteiger partial charge in [-0.25, -0.2) is 9.37 Å². The molecule has 0 aliphatic carbocycles. The molecule has 1 aromatic carbocycles. The third-order valence-corrected chi connectivity index (χ3v) is 5.64. The summed E-state index contributed by atoms with van der Waals surface area (Å²) in [6.07, 6.45) is 6.74. The zero-order valence-corrected chi connectivity index (χ0v) is 16.4. The molecule has 0 unspecified atom stereocenters. The van der Waals surface area contributed by atoms with Crippen LogP contribution in [0, 0.1) is 12.7 Å². The molecule has 0 aliphatic heterocycles. The van der Waals surface area contributed by atoms with Gasteiger partial charge in [-0.3, -0.25) is 4.79 Å². The van der Waals surface area contributed by atoms with Crippen molar-refractivity contribution >= 4 is 28.8 Å². The molecule has 3 aromatic heterocycles. The highest BCUT2D eigenvalue weighted by molar-refractivity contribution is 7.19. The predicted molar refractivity (Wildman–Crippen MR) is 109 cm³/mol. The highest BCUT2D eigenvalue weighted by Crippen LogP contribution is 2.33. The Morgan fingerprint density at radius 1 is 1.32 bits per heavy atom. The van der Waals surface area contributed by atoms with E-state index in [1.165, 1.54) is 17.4 Å². The van der Waals surface area contributed by atoms with E-state index in [0.717, 1.165) is 10.4 Å². The van der Waals surface area contributed by atoms with Gasteiger partial charge in [0.1, 0.15) is 11.6 Å². The highest BCUT2D eigenvalue weighted by Gasteiger charge is 2.16. The number of aryl methyl sites for hydroxylation is 1. The number of amides is 1. The quantitative estimate of drug-likeness (QED) is 0.484. The van der Waals surface area contributed by atoms with Crippen LogP contribution in [0.3, 0.4) is 0 Å². The van der Waals surface area contributed by atoms with E-state index in [1.54, 1.807) is 47.6 Å². The van der Waals surface area contributed by atoms with Crippen LogP contribution in [0.15, 0.2) is 55.1 Å². The lowest BCUT2D eigenvalue weighted by molar-refractivity contribution is 0.0951. The maximum atomic E-state index is 14.5. The number of thiophene rings is 1. The molecule has 28 heavy (non-hydrogen) atoms. The first-order valence-corrected chi connectivity index (χ1v) is 9.72. The number of hydrogen-bond acceptors (Lipinski definition) is 3. The summed E-state index contributed by atoms with van der Waals surface area (Å²) in [5.74, 6) is 0.0905. The average molecular weight is 415 g/mol. The molecule has 0 aliphatic rings. The van der Waals surface area contributed by atoms with Crippen molar-refractivity contribution in [3.8, 4) is 16.1 Å². The van der Waals surface area contributed by atoms with E-state index in [2.05, 4.69) is 15.3 Å². The lowest BCUT2D eigenvalue weighted by atomic mass is 10.1. The molecule has 0 fully saturated rings. The zero-order valence-electron chi connectivity index (χ0n) is 14.9. The van der Waals surface area contributed by atoms with Gasteiger partial charge < -0.3 is 14.9 Å². The van der Waals surface area contributed by atoms with Crippen molar-refractivity contribution in [1.29, 1.82) is 0 Å². The lowest BCUT2D eigenvalue weighted by Gasteiger charge is -2.10. The number of aromatic nitrogens is 3. The number of aromatic amines is 1. The molecule has 0 saturated carbocycles. The topological polar surface area (TPSA) is 62.7 Å². The van der Waals surface area contributed by atoms with Gasteiger partial charge in [0.05, 0.1) is 15.6 Å². The molecular weight excluding hydrogens is 399 g/mol. The number of carbonyl (C=O) groups excluding carboxylic acids is 1. The van der Waals surface area contributed by atoms with Crippen LogP contribution in [-0.4, -0.2) is 20.4 Å². The first-order chi connectivity index (χ1) is 13.5. The maximum Gasteiger partial charge on any atom is 0.253 e. The lowest BCUT2D eigenvalue weighted by Crippen LogP contribution is -2.23. The summed E-state index contributed by atoms with van der Waals surface area (Å²) in [5.41, 5.74) is 2.40. The maximum absolute atomic E-state index is 14.5. The van der Waals surface area contributed by atoms with E-state index in [4.69, 9.17) is 11.6 Å². The first-order valence-electron chi connectivity index (χ1n) is 8.52. The molecule has 0 spiro atoms. The number of nitrogens with zero attached hydrogens (tertiary/aromatic N) is 2. The third kappa shape index (κ3) is 3.58. The number of halogens is 2. The van der Waals surface area contributed by atoms with Crippen LogP contribution in [0.1, 0.15) is 21.7 Å². The molecule has 0 saturated heterocycles. The van der Waals surface area contributed by atoms with Crippen LogP contribution in [-0.2, 0) is 6.54 Å². The third-order valence-electron chi connectivity index (χ3n) is 4.38. The van der Waals surface area contributed by atoms with Crippen molar-refractivity contribution in [2.75, 3.05) is 0 Å². The van der Waals surface area contributed by atoms with E-state index >= 15 is 0 Å². The standard InChI is InChI=1S/C20H16ClFN4OS/c1-12-24-6-7-26(12)17-3-2-13(8-16(17)22)9-25-20(27)15-11-23-10-14(15)18-4-5-19(21)28-18/h2-8,10-11,23H,9H2,1H3,(H,25,27).